The van der Waals surface area contributed by atoms with E-state index in [1.165, 1.54) is 6.07 Å². The maximum absolute atomic E-state index is 13.1. The zero-order valence-corrected chi connectivity index (χ0v) is 13.3. The lowest BCUT2D eigenvalue weighted by Gasteiger charge is -2.23. The van der Waals surface area contributed by atoms with Gasteiger partial charge in [0.2, 0.25) is 5.91 Å². The molecule has 0 saturated carbocycles. The highest BCUT2D eigenvalue weighted by Crippen LogP contribution is 2.28. The van der Waals surface area contributed by atoms with Crippen LogP contribution in [0.3, 0.4) is 0 Å². The van der Waals surface area contributed by atoms with Crippen molar-refractivity contribution >= 4 is 27.3 Å². The lowest BCUT2D eigenvalue weighted by Crippen LogP contribution is -2.49. The average Bonchev–Trinajstić information content (AvgIpc) is 3.15. The molecule has 3 N–H and O–H groups in total. The van der Waals surface area contributed by atoms with Crippen LogP contribution in [0, 0.1) is 0 Å². The molecule has 1 fully saturated rings. The summed E-state index contributed by atoms with van der Waals surface area (Å²) in [6.07, 6.45) is 0.820. The molecule has 2 heterocycles. The topological polar surface area (TPSA) is 92.5 Å². The highest BCUT2D eigenvalue weighted by Gasteiger charge is 2.40. The Bertz CT molecular complexity index is 620. The Kier molecular flexibility index (Phi) is 5.15. The van der Waals surface area contributed by atoms with Crippen LogP contribution in [0.5, 0.6) is 0 Å². The number of alkyl halides is 2. The van der Waals surface area contributed by atoms with E-state index < -0.39 is 41.0 Å². The summed E-state index contributed by atoms with van der Waals surface area (Å²) in [5.74, 6) is -3.92. The van der Waals surface area contributed by atoms with Gasteiger partial charge in [-0.3, -0.25) is 4.79 Å². The van der Waals surface area contributed by atoms with Crippen LogP contribution < -0.4 is 11.1 Å². The molecule has 22 heavy (non-hydrogen) atoms. The molecule has 0 bridgehead atoms. The van der Waals surface area contributed by atoms with Crippen molar-refractivity contribution < 1.29 is 22.0 Å². The van der Waals surface area contributed by atoms with E-state index in [9.17, 15) is 22.0 Å². The summed E-state index contributed by atoms with van der Waals surface area (Å²) in [5.41, 5.74) is 4.90. The molecular weight excluding hydrogens is 336 g/mol. The van der Waals surface area contributed by atoms with Crippen LogP contribution in [0.2, 0.25) is 0 Å². The van der Waals surface area contributed by atoms with Crippen LogP contribution in [0.25, 0.3) is 0 Å². The third-order valence-corrected chi connectivity index (χ3v) is 6.67. The van der Waals surface area contributed by atoms with Crippen LogP contribution in [0.4, 0.5) is 8.78 Å². The van der Waals surface area contributed by atoms with E-state index >= 15 is 0 Å². The second kappa shape index (κ2) is 6.57. The Morgan fingerprint density at radius 1 is 1.55 bits per heavy atom. The number of nitrogens with zero attached hydrogens (tertiary/aromatic N) is 1. The largest absolute Gasteiger partial charge is 0.349 e. The molecule has 0 radical (unpaired) electrons. The van der Waals surface area contributed by atoms with Gasteiger partial charge in [-0.25, -0.2) is 17.2 Å². The Morgan fingerprint density at radius 3 is 2.86 bits per heavy atom. The Labute approximate surface area is 131 Å². The van der Waals surface area contributed by atoms with Gasteiger partial charge in [-0.15, -0.1) is 11.3 Å². The maximum Gasteiger partial charge on any atom is 0.277 e. The van der Waals surface area contributed by atoms with E-state index in [0.29, 0.717) is 12.8 Å². The van der Waals surface area contributed by atoms with Crippen LogP contribution in [0.1, 0.15) is 12.8 Å². The molecule has 0 aromatic carbocycles. The van der Waals surface area contributed by atoms with E-state index in [0.717, 1.165) is 15.6 Å². The molecule has 2 rings (SSSR count). The van der Waals surface area contributed by atoms with Crippen molar-refractivity contribution in [2.75, 3.05) is 19.6 Å². The lowest BCUT2D eigenvalue weighted by atomic mass is 10.2. The van der Waals surface area contributed by atoms with Gasteiger partial charge in [0.1, 0.15) is 10.3 Å². The maximum atomic E-state index is 13.1. The molecule has 124 valence electrons. The Hall–Kier alpha value is -1.10. The molecule has 1 atom stereocenters. The molecule has 1 aromatic heterocycles. The van der Waals surface area contributed by atoms with Gasteiger partial charge < -0.3 is 11.1 Å². The SMILES string of the molecule is NCC(F)(F)CNC(=O)C1CCCN1S(=O)(=O)c1cccs1. The number of hydrogen-bond acceptors (Lipinski definition) is 5. The Morgan fingerprint density at radius 2 is 2.27 bits per heavy atom. The molecule has 1 saturated heterocycles. The number of carbonyl (C=O) groups is 1. The number of thiophene rings is 1. The zero-order chi connectivity index (χ0) is 16.4. The van der Waals surface area contributed by atoms with Crippen molar-refractivity contribution in [2.24, 2.45) is 5.73 Å². The molecule has 1 amide bonds. The van der Waals surface area contributed by atoms with Crippen molar-refractivity contribution in [2.45, 2.75) is 29.0 Å². The molecule has 0 spiro atoms. The molecular formula is C12H17F2N3O3S2. The van der Waals surface area contributed by atoms with Crippen molar-refractivity contribution in [1.29, 1.82) is 0 Å². The highest BCUT2D eigenvalue weighted by molar-refractivity contribution is 7.91. The minimum atomic E-state index is -3.77. The Balaban J connectivity index is 2.09. The van der Waals surface area contributed by atoms with Gasteiger partial charge >= 0.3 is 0 Å². The zero-order valence-electron chi connectivity index (χ0n) is 11.7. The monoisotopic (exact) mass is 353 g/mol. The van der Waals surface area contributed by atoms with Gasteiger partial charge in [0.25, 0.3) is 15.9 Å². The fourth-order valence-electron chi connectivity index (χ4n) is 2.22. The van der Waals surface area contributed by atoms with Gasteiger partial charge in [-0.05, 0) is 24.3 Å². The fourth-order valence-corrected chi connectivity index (χ4v) is 5.00. The number of rotatable bonds is 6. The summed E-state index contributed by atoms with van der Waals surface area (Å²) in [6, 6.07) is 2.10. The predicted molar refractivity (Wildman–Crippen MR) is 78.2 cm³/mol. The van der Waals surface area contributed by atoms with E-state index in [-0.39, 0.29) is 10.8 Å². The summed E-state index contributed by atoms with van der Waals surface area (Å²) in [5, 5.41) is 3.72. The lowest BCUT2D eigenvalue weighted by molar-refractivity contribution is -0.126. The first-order chi connectivity index (χ1) is 10.3. The number of halogens is 2. The third kappa shape index (κ3) is 3.62. The molecule has 6 nitrogen and oxygen atoms in total. The van der Waals surface area contributed by atoms with Gasteiger partial charge in [0.15, 0.2) is 0 Å². The van der Waals surface area contributed by atoms with Crippen LogP contribution in [0.15, 0.2) is 21.7 Å². The van der Waals surface area contributed by atoms with Crippen LogP contribution >= 0.6 is 11.3 Å². The van der Waals surface area contributed by atoms with Crippen molar-refractivity contribution in [3.63, 3.8) is 0 Å². The number of hydrogen-bond donors (Lipinski definition) is 2. The molecule has 1 aliphatic rings. The third-order valence-electron chi connectivity index (χ3n) is 3.38. The second-order valence-corrected chi connectivity index (χ2v) is 8.05. The first-order valence-corrected chi connectivity index (χ1v) is 9.01. The molecule has 10 heteroatoms. The van der Waals surface area contributed by atoms with E-state index in [1.54, 1.807) is 11.4 Å². The van der Waals surface area contributed by atoms with E-state index in [4.69, 9.17) is 5.73 Å². The predicted octanol–water partition coefficient (Wildman–Crippen LogP) is 0.611. The van der Waals surface area contributed by atoms with E-state index in [1.807, 2.05) is 0 Å². The number of nitrogens with one attached hydrogen (secondary N) is 1. The van der Waals surface area contributed by atoms with E-state index in [2.05, 4.69) is 5.32 Å². The van der Waals surface area contributed by atoms with Gasteiger partial charge in [0.05, 0.1) is 13.1 Å². The highest BCUT2D eigenvalue weighted by atomic mass is 32.2. The smallest absolute Gasteiger partial charge is 0.277 e. The second-order valence-electron chi connectivity index (χ2n) is 4.98. The minimum Gasteiger partial charge on any atom is -0.349 e. The minimum absolute atomic E-state index is 0.138. The summed E-state index contributed by atoms with van der Waals surface area (Å²) >= 11 is 1.05. The van der Waals surface area contributed by atoms with Crippen LogP contribution in [-0.4, -0.2) is 50.2 Å². The molecule has 1 unspecified atom stereocenters. The standard InChI is InChI=1S/C12H17F2N3O3S2/c13-12(14,7-15)8-16-11(18)9-3-1-5-17(9)22(19,20)10-4-2-6-21-10/h2,4,6,9H,1,3,5,7-8,15H2,(H,16,18). The molecule has 1 aliphatic heterocycles. The first kappa shape index (κ1) is 17.3. The van der Waals surface area contributed by atoms with Crippen molar-refractivity contribution in [3.8, 4) is 0 Å². The first-order valence-electron chi connectivity index (χ1n) is 6.69. The van der Waals surface area contributed by atoms with Gasteiger partial charge in [-0.1, -0.05) is 6.07 Å². The number of carbonyl (C=O) groups excluding carboxylic acids is 1. The van der Waals surface area contributed by atoms with Crippen molar-refractivity contribution in [3.05, 3.63) is 17.5 Å². The summed E-state index contributed by atoms with van der Waals surface area (Å²) < 4.78 is 52.3. The fraction of sp³-hybridized carbons (Fsp3) is 0.583. The number of nitrogens with two attached hydrogens (primary N) is 1. The van der Waals surface area contributed by atoms with Crippen molar-refractivity contribution in [1.82, 2.24) is 9.62 Å². The van der Waals surface area contributed by atoms with Gasteiger partial charge in [0, 0.05) is 6.54 Å². The number of amides is 1. The normalized spacial score (nSPS) is 20.2. The molecule has 1 aromatic rings. The summed E-state index contributed by atoms with van der Waals surface area (Å²) in [6.45, 7) is -1.58. The summed E-state index contributed by atoms with van der Waals surface area (Å²) in [7, 11) is -3.77. The molecule has 0 aliphatic carbocycles. The van der Waals surface area contributed by atoms with Crippen LogP contribution in [-0.2, 0) is 14.8 Å². The number of sulfonamides is 1. The quantitative estimate of drug-likeness (QED) is 0.784. The summed E-state index contributed by atoms with van der Waals surface area (Å²) in [4.78, 5) is 12.0. The average molecular weight is 353 g/mol. The van der Waals surface area contributed by atoms with Gasteiger partial charge in [-0.2, -0.15) is 4.31 Å².